The minimum absolute atomic E-state index is 0.0840. The minimum Gasteiger partial charge on any atom is -0.354 e. The van der Waals surface area contributed by atoms with Gasteiger partial charge in [-0.15, -0.1) is 0 Å². The van der Waals surface area contributed by atoms with Crippen LogP contribution in [0.25, 0.3) is 0 Å². The topological polar surface area (TPSA) is 122 Å². The second-order valence-electron chi connectivity index (χ2n) is 5.05. The number of hydrogen-bond donors (Lipinski definition) is 3. The lowest BCUT2D eigenvalue weighted by atomic mass is 10.2. The Hall–Kier alpha value is -2.33. The lowest BCUT2D eigenvalue weighted by molar-refractivity contribution is 0.0959. The van der Waals surface area contributed by atoms with Gasteiger partial charge in [-0.05, 0) is 19.4 Å². The lowest BCUT2D eigenvalue weighted by Crippen LogP contribution is -2.22. The highest BCUT2D eigenvalue weighted by Gasteiger charge is 2.26. The van der Waals surface area contributed by atoms with Crippen LogP contribution >= 0.6 is 11.3 Å². The Morgan fingerprint density at radius 1 is 1.35 bits per heavy atom. The van der Waals surface area contributed by atoms with Gasteiger partial charge in [0.05, 0.1) is 6.04 Å². The van der Waals surface area contributed by atoms with Gasteiger partial charge in [-0.2, -0.15) is 4.98 Å². The Morgan fingerprint density at radius 3 is 2.78 bits per heavy atom. The van der Waals surface area contributed by atoms with E-state index in [4.69, 9.17) is 4.52 Å². The van der Waals surface area contributed by atoms with Crippen LogP contribution in [0, 0.1) is 6.92 Å². The van der Waals surface area contributed by atoms with Crippen LogP contribution < -0.4 is 16.0 Å². The molecule has 2 aromatic rings. The number of thiazole rings is 1. The third-order valence-corrected chi connectivity index (χ3v) is 4.49. The predicted molar refractivity (Wildman–Crippen MR) is 82.5 cm³/mol. The first-order valence-electron chi connectivity index (χ1n) is 7.16. The van der Waals surface area contributed by atoms with Crippen LogP contribution in [-0.4, -0.2) is 40.5 Å². The average molecular weight is 336 g/mol. The molecule has 1 saturated heterocycles. The summed E-state index contributed by atoms with van der Waals surface area (Å²) in [5.74, 6) is -0.687. The van der Waals surface area contributed by atoms with Crippen LogP contribution in [0.2, 0.25) is 0 Å². The van der Waals surface area contributed by atoms with Crippen molar-refractivity contribution in [1.29, 1.82) is 0 Å². The molecule has 0 radical (unpaired) electrons. The normalized spacial score (nSPS) is 17.2. The van der Waals surface area contributed by atoms with Gasteiger partial charge in [0, 0.05) is 14.0 Å². The summed E-state index contributed by atoms with van der Waals surface area (Å²) >= 11 is 1.28. The molecule has 9 nitrogen and oxygen atoms in total. The van der Waals surface area contributed by atoms with E-state index >= 15 is 0 Å². The van der Waals surface area contributed by atoms with Crippen LogP contribution in [0.15, 0.2) is 4.52 Å². The number of aryl methyl sites for hydroxylation is 1. The summed E-state index contributed by atoms with van der Waals surface area (Å²) in [7, 11) is 1.52. The van der Waals surface area contributed by atoms with Gasteiger partial charge in [-0.3, -0.25) is 9.59 Å². The number of anilines is 1. The van der Waals surface area contributed by atoms with E-state index < -0.39 is 5.91 Å². The van der Waals surface area contributed by atoms with Crippen LogP contribution in [-0.2, 0) is 0 Å². The van der Waals surface area contributed by atoms with E-state index in [-0.39, 0.29) is 23.5 Å². The zero-order chi connectivity index (χ0) is 16.4. The molecular weight excluding hydrogens is 320 g/mol. The molecule has 2 aromatic heterocycles. The number of rotatable bonds is 4. The van der Waals surface area contributed by atoms with Crippen molar-refractivity contribution < 1.29 is 14.1 Å². The molecule has 0 unspecified atom stereocenters. The molecule has 2 amide bonds. The number of nitrogens with one attached hydrogen (secondary N) is 3. The SMILES string of the molecule is CNC(=O)c1nc([C@H]2CCCN2)sc1NC(=O)c1noc(C)n1. The molecule has 3 N–H and O–H groups in total. The van der Waals surface area contributed by atoms with Gasteiger partial charge in [-0.25, -0.2) is 4.98 Å². The van der Waals surface area contributed by atoms with Gasteiger partial charge in [-0.1, -0.05) is 16.5 Å². The number of nitrogens with zero attached hydrogens (tertiary/aromatic N) is 3. The van der Waals surface area contributed by atoms with Crippen molar-refractivity contribution in [3.05, 3.63) is 22.4 Å². The van der Waals surface area contributed by atoms with Crippen molar-refractivity contribution in [1.82, 2.24) is 25.8 Å². The minimum atomic E-state index is -0.540. The average Bonchev–Trinajstić information content (AvgIpc) is 3.25. The van der Waals surface area contributed by atoms with Gasteiger partial charge in [0.2, 0.25) is 5.89 Å². The fraction of sp³-hybridized carbons (Fsp3) is 0.462. The Balaban J connectivity index is 1.86. The van der Waals surface area contributed by atoms with Crippen molar-refractivity contribution in [2.24, 2.45) is 0 Å². The van der Waals surface area contributed by atoms with Crippen LogP contribution in [0.5, 0.6) is 0 Å². The molecule has 0 spiro atoms. The third kappa shape index (κ3) is 3.22. The largest absolute Gasteiger partial charge is 0.354 e. The summed E-state index contributed by atoms with van der Waals surface area (Å²) in [5, 5.41) is 13.2. The van der Waals surface area contributed by atoms with Gasteiger partial charge in [0.15, 0.2) is 5.69 Å². The summed E-state index contributed by atoms with van der Waals surface area (Å²) in [4.78, 5) is 32.4. The first-order valence-corrected chi connectivity index (χ1v) is 7.98. The van der Waals surface area contributed by atoms with Crippen molar-refractivity contribution in [3.8, 4) is 0 Å². The highest BCUT2D eigenvalue weighted by Crippen LogP contribution is 2.32. The Kier molecular flexibility index (Phi) is 4.35. The van der Waals surface area contributed by atoms with E-state index in [1.165, 1.54) is 18.4 Å². The molecule has 1 fully saturated rings. The van der Waals surface area contributed by atoms with E-state index in [0.717, 1.165) is 24.4 Å². The van der Waals surface area contributed by atoms with Crippen molar-refractivity contribution in [2.45, 2.75) is 25.8 Å². The van der Waals surface area contributed by atoms with Gasteiger partial charge in [0.25, 0.3) is 17.6 Å². The monoisotopic (exact) mass is 336 g/mol. The van der Waals surface area contributed by atoms with Crippen LogP contribution in [0.1, 0.15) is 50.9 Å². The maximum atomic E-state index is 12.2. The first-order chi connectivity index (χ1) is 11.1. The molecule has 1 aliphatic rings. The summed E-state index contributed by atoms with van der Waals surface area (Å²) < 4.78 is 4.79. The molecule has 10 heteroatoms. The fourth-order valence-electron chi connectivity index (χ4n) is 2.29. The second kappa shape index (κ2) is 6.42. The zero-order valence-corrected chi connectivity index (χ0v) is 13.5. The smallest absolute Gasteiger partial charge is 0.297 e. The fourth-order valence-corrected chi connectivity index (χ4v) is 3.36. The molecule has 122 valence electrons. The predicted octanol–water partition coefficient (Wildman–Crippen LogP) is 0.871. The standard InChI is InChI=1S/C13H16N6O3S/c1-6-16-9(19-22-6)11(21)18-13-8(10(20)14-2)17-12(23-13)7-4-3-5-15-7/h7,15H,3-5H2,1-2H3,(H,14,20)(H,18,21)/t7-/m1/s1. The zero-order valence-electron chi connectivity index (χ0n) is 12.7. The van der Waals surface area contributed by atoms with Crippen molar-refractivity contribution in [2.75, 3.05) is 18.9 Å². The van der Waals surface area contributed by atoms with E-state index in [1.807, 2.05) is 0 Å². The molecular formula is C13H16N6O3S. The van der Waals surface area contributed by atoms with Gasteiger partial charge >= 0.3 is 0 Å². The number of carbonyl (C=O) groups is 2. The summed E-state index contributed by atoms with van der Waals surface area (Å²) in [6.45, 7) is 2.51. The van der Waals surface area contributed by atoms with E-state index in [0.29, 0.717) is 10.9 Å². The molecule has 0 aliphatic carbocycles. The maximum Gasteiger partial charge on any atom is 0.297 e. The molecule has 1 aliphatic heterocycles. The Bertz CT molecular complexity index is 734. The summed E-state index contributed by atoms with van der Waals surface area (Å²) in [6.07, 6.45) is 2.02. The lowest BCUT2D eigenvalue weighted by Gasteiger charge is -2.04. The van der Waals surface area contributed by atoms with E-state index in [2.05, 4.69) is 31.1 Å². The molecule has 0 saturated carbocycles. The maximum absolute atomic E-state index is 12.2. The number of hydrogen-bond acceptors (Lipinski definition) is 8. The summed E-state index contributed by atoms with van der Waals surface area (Å²) in [6, 6.07) is 0.112. The highest BCUT2D eigenvalue weighted by atomic mass is 32.1. The quantitative estimate of drug-likeness (QED) is 0.757. The van der Waals surface area contributed by atoms with Crippen LogP contribution in [0.3, 0.4) is 0 Å². The molecule has 1 atom stereocenters. The molecule has 3 heterocycles. The Morgan fingerprint density at radius 2 is 2.17 bits per heavy atom. The van der Waals surface area contributed by atoms with E-state index in [9.17, 15) is 9.59 Å². The Labute approximate surface area is 135 Å². The molecule has 0 bridgehead atoms. The first kappa shape index (κ1) is 15.6. The molecule has 23 heavy (non-hydrogen) atoms. The molecule has 3 rings (SSSR count). The van der Waals surface area contributed by atoms with Crippen molar-refractivity contribution in [3.63, 3.8) is 0 Å². The van der Waals surface area contributed by atoms with Gasteiger partial charge < -0.3 is 20.5 Å². The number of aromatic nitrogens is 3. The van der Waals surface area contributed by atoms with E-state index in [1.54, 1.807) is 6.92 Å². The van der Waals surface area contributed by atoms with Crippen LogP contribution in [0.4, 0.5) is 5.00 Å². The summed E-state index contributed by atoms with van der Waals surface area (Å²) in [5.41, 5.74) is 0.190. The number of carbonyl (C=O) groups excluding carboxylic acids is 2. The second-order valence-corrected chi connectivity index (χ2v) is 6.08. The third-order valence-electron chi connectivity index (χ3n) is 3.40. The van der Waals surface area contributed by atoms with Gasteiger partial charge in [0.1, 0.15) is 10.0 Å². The number of amides is 2. The highest BCUT2D eigenvalue weighted by molar-refractivity contribution is 7.16. The van der Waals surface area contributed by atoms with Crippen molar-refractivity contribution >= 4 is 28.2 Å². The molecule has 0 aromatic carbocycles.